The number of halogens is 4. The Bertz CT molecular complexity index is 85.2. The van der Waals surface area contributed by atoms with Gasteiger partial charge in [0.05, 0.1) is 0 Å². The van der Waals surface area contributed by atoms with Crippen molar-refractivity contribution in [3.05, 3.63) is 0 Å². The second-order valence-electron chi connectivity index (χ2n) is 0.602. The molecule has 0 spiro atoms. The van der Waals surface area contributed by atoms with E-state index in [9.17, 15) is 12.6 Å². The molecule has 0 nitrogen and oxygen atoms in total. The van der Waals surface area contributed by atoms with Crippen molar-refractivity contribution >= 4 is 9.82 Å². The van der Waals surface area contributed by atoms with Gasteiger partial charge in [0, 0.05) is 0 Å². The zero-order chi connectivity index (χ0) is 5.45. The van der Waals surface area contributed by atoms with Crippen LogP contribution in [0.5, 0.6) is 0 Å². The molecule has 0 bridgehead atoms. The maximum atomic E-state index is 10.4. The fraction of sp³-hybridized carbons (Fsp3) is 0. The first-order valence-corrected chi connectivity index (χ1v) is 9.14. The molecule has 0 aromatic rings. The molecule has 0 aromatic heterocycles. The third kappa shape index (κ3) is 154. The number of hydrogen-bond acceptors (Lipinski definition) is 1. The van der Waals surface area contributed by atoms with Gasteiger partial charge >= 0.3 is 37.5 Å². The van der Waals surface area contributed by atoms with Gasteiger partial charge in [0.25, 0.3) is 0 Å². The molecule has 0 saturated heterocycles. The van der Waals surface area contributed by atoms with Gasteiger partial charge in [-0.2, -0.15) is 0 Å². The Labute approximate surface area is 38.0 Å². The quantitative estimate of drug-likeness (QED) is 0.617. The molecule has 0 radical (unpaired) electrons. The van der Waals surface area contributed by atoms with Crippen LogP contribution >= 0.6 is 9.82 Å². The molecule has 0 aliphatic rings. The molecule has 0 N–H and O–H groups in total. The molecule has 0 fully saturated rings. The van der Waals surface area contributed by atoms with E-state index in [1.807, 2.05) is 0 Å². The number of hydrogen-bond donors (Lipinski definition) is 0. The van der Waals surface area contributed by atoms with Crippen molar-refractivity contribution in [1.29, 1.82) is 0 Å². The molecular weight excluding hydrogens is 292 g/mol. The molecule has 0 rings (SSSR count). The van der Waals surface area contributed by atoms with E-state index < -0.39 is 15.1 Å². The topological polar surface area (TPSA) is 0 Å². The number of rotatable bonds is 0. The van der Waals surface area contributed by atoms with E-state index in [1.54, 1.807) is 0 Å². The predicted molar refractivity (Wildman–Crippen MR) is 12.0 cm³/mol. The summed E-state index contributed by atoms with van der Waals surface area (Å²) >= 11 is -8.17. The first kappa shape index (κ1) is 6.63. The average molecular weight is 292 g/mol. The van der Waals surface area contributed by atoms with Gasteiger partial charge in [0.2, 0.25) is 0 Å². The van der Waals surface area contributed by atoms with Gasteiger partial charge in [-0.25, -0.2) is 0 Å². The normalized spacial score (nSPS) is 19.0. The summed E-state index contributed by atoms with van der Waals surface area (Å²) in [5.41, 5.74) is 0. The Balaban J connectivity index is 4.16. The Hall–Kier alpha value is 0.628. The second kappa shape index (κ2) is 1.07. The molecule has 0 aromatic carbocycles. The van der Waals surface area contributed by atoms with E-state index in [-0.39, 0.29) is 0 Å². The van der Waals surface area contributed by atoms with Crippen LogP contribution in [0.25, 0.3) is 0 Å². The van der Waals surface area contributed by atoms with E-state index in [4.69, 9.17) is 0 Å². The van der Waals surface area contributed by atoms with Crippen LogP contribution in [0.4, 0.5) is 12.6 Å². The van der Waals surface area contributed by atoms with Crippen LogP contribution in [0, 0.1) is 0 Å². The molecule has 0 aliphatic carbocycles. The summed E-state index contributed by atoms with van der Waals surface area (Å²) in [6.45, 7) is 0. The minimum atomic E-state index is -8.17. The first-order valence-electron chi connectivity index (χ1n) is 0.784. The van der Waals surface area contributed by atoms with E-state index in [2.05, 4.69) is 9.82 Å². The van der Waals surface area contributed by atoms with Crippen molar-refractivity contribution in [1.82, 2.24) is 0 Å². The Morgan fingerprint density at radius 3 is 1.00 bits per heavy atom. The van der Waals surface area contributed by atoms with Crippen LogP contribution in [-0.4, -0.2) is 0 Å². The van der Waals surface area contributed by atoms with E-state index in [0.29, 0.717) is 0 Å². The second-order valence-corrected chi connectivity index (χ2v) is 9.05. The van der Waals surface area contributed by atoms with Crippen LogP contribution in [-0.2, 0) is 15.1 Å². The van der Waals surface area contributed by atoms with Crippen LogP contribution in [0.15, 0.2) is 0 Å². The molecule has 6 heteroatoms. The van der Waals surface area contributed by atoms with Gasteiger partial charge < -0.3 is 0 Å². The van der Waals surface area contributed by atoms with Crippen LogP contribution in [0.3, 0.4) is 0 Å². The zero-order valence-corrected chi connectivity index (χ0v) is 6.08. The molecule has 0 heterocycles. The van der Waals surface area contributed by atoms with E-state index in [1.165, 1.54) is 0 Å². The summed E-state index contributed by atoms with van der Waals surface area (Å²) in [5, 5.41) is 0. The van der Waals surface area contributed by atoms with Gasteiger partial charge in [-0.1, -0.05) is 0 Å². The molecule has 40 valence electrons. The van der Waals surface area contributed by atoms with Crippen molar-refractivity contribution in [3.8, 4) is 0 Å². The van der Waals surface area contributed by atoms with E-state index >= 15 is 0 Å². The molecule has 0 amide bonds. The van der Waals surface area contributed by atoms with Gasteiger partial charge in [-0.05, 0) is 0 Å². The van der Waals surface area contributed by atoms with Gasteiger partial charge in [-0.3, -0.25) is 0 Å². The van der Waals surface area contributed by atoms with Crippen LogP contribution in [0.2, 0.25) is 0 Å². The third-order valence-electron chi connectivity index (χ3n) is 0. The molecule has 0 atom stereocenters. The van der Waals surface area contributed by atoms with Gasteiger partial charge in [0.15, 0.2) is 0 Å². The maximum absolute atomic E-state index is 10.4. The molecular formula is F4SW. The average Bonchev–Trinajstić information content (AvgIpc) is 0.650. The summed E-state index contributed by atoms with van der Waals surface area (Å²) in [4.78, 5) is 0. The fourth-order valence-corrected chi connectivity index (χ4v) is 0. The molecule has 0 saturated carbocycles. The Morgan fingerprint density at radius 2 is 1.00 bits per heavy atom. The van der Waals surface area contributed by atoms with Crippen LogP contribution < -0.4 is 0 Å². The summed E-state index contributed by atoms with van der Waals surface area (Å²) in [6.07, 6.45) is 0. The fourth-order valence-electron chi connectivity index (χ4n) is 0. The zero-order valence-electron chi connectivity index (χ0n) is 2.33. The minimum absolute atomic E-state index is 2.57. The van der Waals surface area contributed by atoms with Gasteiger partial charge in [0.1, 0.15) is 0 Å². The summed E-state index contributed by atoms with van der Waals surface area (Å²) in [7, 11) is 2.57. The third-order valence-corrected chi connectivity index (χ3v) is 0. The van der Waals surface area contributed by atoms with Crippen molar-refractivity contribution in [2.75, 3.05) is 0 Å². The Morgan fingerprint density at radius 1 is 1.00 bits per heavy atom. The van der Waals surface area contributed by atoms with Crippen molar-refractivity contribution in [3.63, 3.8) is 0 Å². The summed E-state index contributed by atoms with van der Waals surface area (Å²) in [6, 6.07) is 0. The molecule has 0 aliphatic heterocycles. The molecule has 0 unspecified atom stereocenters. The SMILES string of the molecule is [F][W]([F])([F])([F])=[S]. The predicted octanol–water partition coefficient (Wildman–Crippen LogP) is 2.33. The van der Waals surface area contributed by atoms with Crippen molar-refractivity contribution in [2.24, 2.45) is 0 Å². The van der Waals surface area contributed by atoms with Crippen LogP contribution in [0.1, 0.15) is 0 Å². The van der Waals surface area contributed by atoms with Gasteiger partial charge in [-0.15, -0.1) is 0 Å². The summed E-state index contributed by atoms with van der Waals surface area (Å²) < 4.78 is 41.6. The monoisotopic (exact) mass is 292 g/mol. The Kier molecular flexibility index (Phi) is 1.18. The standard InChI is InChI=1S/4FH.S.W/h4*1H;;/q;;;;;+4/p-4. The van der Waals surface area contributed by atoms with Crippen molar-refractivity contribution < 1.29 is 27.7 Å². The van der Waals surface area contributed by atoms with E-state index in [0.717, 1.165) is 0 Å². The first-order chi connectivity index (χ1) is 2.24. The molecule has 6 heavy (non-hydrogen) atoms. The summed E-state index contributed by atoms with van der Waals surface area (Å²) in [5.74, 6) is 0. The van der Waals surface area contributed by atoms with Crippen molar-refractivity contribution in [2.45, 2.75) is 0 Å².